The highest BCUT2D eigenvalue weighted by Gasteiger charge is 2.29. The molecular formula is C11H9ClN2OS. The summed E-state index contributed by atoms with van der Waals surface area (Å²) in [4.78, 5) is 13.3. The van der Waals surface area contributed by atoms with Crippen molar-refractivity contribution in [3.8, 4) is 6.07 Å². The molecule has 16 heavy (non-hydrogen) atoms. The van der Waals surface area contributed by atoms with Gasteiger partial charge in [0.2, 0.25) is 5.91 Å². The molecule has 1 amide bonds. The third-order valence-corrected chi connectivity index (χ3v) is 3.14. The van der Waals surface area contributed by atoms with E-state index in [1.54, 1.807) is 23.1 Å². The van der Waals surface area contributed by atoms with Gasteiger partial charge in [-0.25, -0.2) is 0 Å². The average molecular weight is 253 g/mol. The van der Waals surface area contributed by atoms with E-state index in [2.05, 4.69) is 12.6 Å². The predicted molar refractivity (Wildman–Crippen MR) is 65.9 cm³/mol. The summed E-state index contributed by atoms with van der Waals surface area (Å²) in [6.45, 7) is 0.538. The van der Waals surface area contributed by atoms with E-state index < -0.39 is 0 Å². The number of rotatable bonds is 1. The maximum absolute atomic E-state index is 11.7. The maximum atomic E-state index is 11.7. The predicted octanol–water partition coefficient (Wildman–Crippen LogP) is 2.25. The van der Waals surface area contributed by atoms with Crippen LogP contribution in [-0.4, -0.2) is 17.7 Å². The van der Waals surface area contributed by atoms with Crippen LogP contribution in [0.3, 0.4) is 0 Å². The molecule has 82 valence electrons. The molecule has 0 aromatic heterocycles. The molecule has 1 heterocycles. The van der Waals surface area contributed by atoms with E-state index in [0.29, 0.717) is 29.2 Å². The second-order valence-corrected chi connectivity index (χ2v) is 4.78. The standard InChI is InChI=1S/C11H9ClN2OS/c12-9-2-1-7(5-13)3-10(9)14-6-8(16)4-11(14)15/h1-3,8,16H,4,6H2. The molecule has 0 saturated carbocycles. The van der Waals surface area contributed by atoms with Crippen LogP contribution in [0.5, 0.6) is 0 Å². The number of hydrogen-bond donors (Lipinski definition) is 1. The summed E-state index contributed by atoms with van der Waals surface area (Å²) in [6.07, 6.45) is 0.413. The van der Waals surface area contributed by atoms with Gasteiger partial charge >= 0.3 is 0 Å². The van der Waals surface area contributed by atoms with Crippen molar-refractivity contribution in [1.82, 2.24) is 0 Å². The Bertz CT molecular complexity index is 483. The van der Waals surface area contributed by atoms with Gasteiger partial charge in [0.15, 0.2) is 0 Å². The van der Waals surface area contributed by atoms with Gasteiger partial charge in [0.05, 0.1) is 22.3 Å². The first kappa shape index (κ1) is 11.3. The van der Waals surface area contributed by atoms with Crippen LogP contribution in [0.25, 0.3) is 0 Å². The van der Waals surface area contributed by atoms with Crippen molar-refractivity contribution in [2.45, 2.75) is 11.7 Å². The molecule has 1 saturated heterocycles. The summed E-state index contributed by atoms with van der Waals surface area (Å²) in [5.74, 6) is -0.00279. The van der Waals surface area contributed by atoms with Gasteiger partial charge in [-0.15, -0.1) is 0 Å². The molecule has 0 N–H and O–H groups in total. The first-order valence-corrected chi connectivity index (χ1v) is 5.69. The van der Waals surface area contributed by atoms with Crippen LogP contribution in [0, 0.1) is 11.3 Å². The largest absolute Gasteiger partial charge is 0.310 e. The van der Waals surface area contributed by atoms with Crippen LogP contribution in [0.15, 0.2) is 18.2 Å². The van der Waals surface area contributed by atoms with Crippen molar-refractivity contribution < 1.29 is 4.79 Å². The Morgan fingerprint density at radius 2 is 2.31 bits per heavy atom. The first-order valence-electron chi connectivity index (χ1n) is 4.80. The highest BCUT2D eigenvalue weighted by atomic mass is 35.5. The zero-order valence-corrected chi connectivity index (χ0v) is 10.0. The second-order valence-electron chi connectivity index (χ2n) is 3.64. The molecule has 1 aromatic carbocycles. The lowest BCUT2D eigenvalue weighted by Gasteiger charge is -2.17. The van der Waals surface area contributed by atoms with Gasteiger partial charge in [-0.2, -0.15) is 17.9 Å². The molecule has 5 heteroatoms. The highest BCUT2D eigenvalue weighted by Crippen LogP contribution is 2.31. The van der Waals surface area contributed by atoms with Crippen LogP contribution >= 0.6 is 24.2 Å². The Labute approximate surface area is 104 Å². The van der Waals surface area contributed by atoms with Crippen molar-refractivity contribution in [3.05, 3.63) is 28.8 Å². The van der Waals surface area contributed by atoms with Crippen LogP contribution < -0.4 is 4.90 Å². The fraction of sp³-hybridized carbons (Fsp3) is 0.273. The van der Waals surface area contributed by atoms with Crippen LogP contribution in [-0.2, 0) is 4.79 Å². The van der Waals surface area contributed by atoms with Crippen molar-refractivity contribution in [2.24, 2.45) is 0 Å². The third kappa shape index (κ3) is 2.01. The zero-order chi connectivity index (χ0) is 11.7. The lowest BCUT2D eigenvalue weighted by molar-refractivity contribution is -0.117. The Balaban J connectivity index is 2.40. The number of carbonyl (C=O) groups is 1. The summed E-state index contributed by atoms with van der Waals surface area (Å²) in [7, 11) is 0. The van der Waals surface area contributed by atoms with Crippen molar-refractivity contribution in [3.63, 3.8) is 0 Å². The van der Waals surface area contributed by atoms with Gasteiger partial charge in [-0.05, 0) is 18.2 Å². The van der Waals surface area contributed by atoms with E-state index in [0.717, 1.165) is 0 Å². The minimum atomic E-state index is -0.00279. The Kier molecular flexibility index (Phi) is 3.08. The molecule has 2 rings (SSSR count). The Hall–Kier alpha value is -1.18. The minimum absolute atomic E-state index is 0.00279. The number of benzene rings is 1. The lowest BCUT2D eigenvalue weighted by Crippen LogP contribution is -2.24. The molecule has 0 radical (unpaired) electrons. The fourth-order valence-corrected chi connectivity index (χ4v) is 2.25. The fourth-order valence-electron chi connectivity index (χ4n) is 1.71. The van der Waals surface area contributed by atoms with Gasteiger partial charge in [-0.3, -0.25) is 4.79 Å². The SMILES string of the molecule is N#Cc1ccc(Cl)c(N2CC(S)CC2=O)c1. The molecule has 3 nitrogen and oxygen atoms in total. The summed E-state index contributed by atoms with van der Waals surface area (Å²) in [6, 6.07) is 6.92. The molecule has 1 fully saturated rings. The summed E-state index contributed by atoms with van der Waals surface area (Å²) in [5.41, 5.74) is 1.09. The van der Waals surface area contributed by atoms with Crippen molar-refractivity contribution in [1.29, 1.82) is 5.26 Å². The van der Waals surface area contributed by atoms with Crippen molar-refractivity contribution >= 4 is 35.8 Å². The van der Waals surface area contributed by atoms with E-state index >= 15 is 0 Å². The number of anilines is 1. The summed E-state index contributed by atoms with van der Waals surface area (Å²) in [5, 5.41) is 9.32. The van der Waals surface area contributed by atoms with Gasteiger partial charge in [0.1, 0.15) is 0 Å². The van der Waals surface area contributed by atoms with E-state index in [1.807, 2.05) is 6.07 Å². The highest BCUT2D eigenvalue weighted by molar-refractivity contribution is 7.81. The molecule has 1 aromatic rings. The number of thiol groups is 1. The quantitative estimate of drug-likeness (QED) is 0.779. The number of carbonyl (C=O) groups excluding carboxylic acids is 1. The maximum Gasteiger partial charge on any atom is 0.228 e. The monoisotopic (exact) mass is 252 g/mol. The number of nitrogens with zero attached hydrogens (tertiary/aromatic N) is 2. The topological polar surface area (TPSA) is 44.1 Å². The molecule has 0 bridgehead atoms. The molecule has 1 aliphatic heterocycles. The molecule has 1 aliphatic rings. The third-order valence-electron chi connectivity index (χ3n) is 2.47. The van der Waals surface area contributed by atoms with Crippen LogP contribution in [0.1, 0.15) is 12.0 Å². The second kappa shape index (κ2) is 4.36. The molecule has 1 unspecified atom stereocenters. The van der Waals surface area contributed by atoms with Gasteiger partial charge in [0.25, 0.3) is 0 Å². The first-order chi connectivity index (χ1) is 7.61. The van der Waals surface area contributed by atoms with Gasteiger partial charge < -0.3 is 4.90 Å². The molecule has 1 atom stereocenters. The molecular weight excluding hydrogens is 244 g/mol. The van der Waals surface area contributed by atoms with Crippen LogP contribution in [0.4, 0.5) is 5.69 Å². The van der Waals surface area contributed by atoms with Crippen molar-refractivity contribution in [2.75, 3.05) is 11.4 Å². The van der Waals surface area contributed by atoms with E-state index in [-0.39, 0.29) is 11.2 Å². The van der Waals surface area contributed by atoms with E-state index in [1.165, 1.54) is 0 Å². The minimum Gasteiger partial charge on any atom is -0.310 e. The number of halogens is 1. The van der Waals surface area contributed by atoms with Gasteiger partial charge in [-0.1, -0.05) is 11.6 Å². The normalized spacial score (nSPS) is 19.9. The Morgan fingerprint density at radius 3 is 2.88 bits per heavy atom. The number of hydrogen-bond acceptors (Lipinski definition) is 3. The summed E-state index contributed by atoms with van der Waals surface area (Å²) >= 11 is 10.3. The molecule has 0 spiro atoms. The smallest absolute Gasteiger partial charge is 0.228 e. The number of nitriles is 1. The van der Waals surface area contributed by atoms with E-state index in [4.69, 9.17) is 16.9 Å². The summed E-state index contributed by atoms with van der Waals surface area (Å²) < 4.78 is 0. The van der Waals surface area contributed by atoms with Crippen LogP contribution in [0.2, 0.25) is 5.02 Å². The lowest BCUT2D eigenvalue weighted by atomic mass is 10.2. The molecule has 0 aliphatic carbocycles. The van der Waals surface area contributed by atoms with Gasteiger partial charge in [0, 0.05) is 18.2 Å². The number of amides is 1. The Morgan fingerprint density at radius 1 is 1.56 bits per heavy atom. The average Bonchev–Trinajstić information content (AvgIpc) is 2.58. The van der Waals surface area contributed by atoms with E-state index in [9.17, 15) is 4.79 Å². The zero-order valence-electron chi connectivity index (χ0n) is 8.35.